The maximum atomic E-state index is 10.5. The Morgan fingerprint density at radius 3 is 2.50 bits per heavy atom. The van der Waals surface area contributed by atoms with E-state index < -0.39 is 11.9 Å². The van der Waals surface area contributed by atoms with Gasteiger partial charge in [0.25, 0.3) is 0 Å². The Morgan fingerprint density at radius 1 is 1.43 bits per heavy atom. The van der Waals surface area contributed by atoms with Crippen LogP contribution in [-0.2, 0) is 4.79 Å². The number of carboxylic acids is 1. The summed E-state index contributed by atoms with van der Waals surface area (Å²) >= 11 is 0. The molecule has 0 radical (unpaired) electrons. The lowest BCUT2D eigenvalue weighted by molar-refractivity contribution is -0.142. The van der Waals surface area contributed by atoms with E-state index in [1.165, 1.54) is 0 Å². The van der Waals surface area contributed by atoms with Crippen molar-refractivity contribution in [2.24, 2.45) is 5.92 Å². The van der Waals surface area contributed by atoms with Crippen LogP contribution in [0.25, 0.3) is 0 Å². The van der Waals surface area contributed by atoms with Crippen LogP contribution in [0.2, 0.25) is 0 Å². The Hall–Kier alpha value is -1.51. The summed E-state index contributed by atoms with van der Waals surface area (Å²) in [6, 6.07) is 7.54. The number of hydrogen-bond donors (Lipinski definition) is 1. The summed E-state index contributed by atoms with van der Waals surface area (Å²) in [4.78, 5) is 10.5. The van der Waals surface area contributed by atoms with Gasteiger partial charge in [0.05, 0.1) is 5.92 Å². The minimum Gasteiger partial charge on any atom is -0.493 e. The normalized spacial score (nSPS) is 12.1. The van der Waals surface area contributed by atoms with E-state index in [1.807, 2.05) is 31.2 Å². The van der Waals surface area contributed by atoms with E-state index in [1.54, 1.807) is 6.92 Å². The van der Waals surface area contributed by atoms with Gasteiger partial charge < -0.3 is 9.84 Å². The maximum absolute atomic E-state index is 10.5. The smallest absolute Gasteiger partial charge is 0.309 e. The summed E-state index contributed by atoms with van der Waals surface area (Å²) in [5, 5.41) is 8.62. The van der Waals surface area contributed by atoms with Gasteiger partial charge in [0.1, 0.15) is 12.4 Å². The van der Waals surface area contributed by atoms with Crippen LogP contribution in [0.15, 0.2) is 24.3 Å². The Morgan fingerprint density at radius 2 is 2.00 bits per heavy atom. The molecule has 0 heterocycles. The third kappa shape index (κ3) is 3.09. The second kappa shape index (κ2) is 4.65. The van der Waals surface area contributed by atoms with Gasteiger partial charge in [-0.2, -0.15) is 0 Å². The van der Waals surface area contributed by atoms with Crippen molar-refractivity contribution in [3.63, 3.8) is 0 Å². The highest BCUT2D eigenvalue weighted by molar-refractivity contribution is 5.69. The molecular formula is C11H14O3. The van der Waals surface area contributed by atoms with Crippen molar-refractivity contribution in [3.8, 4) is 5.75 Å². The van der Waals surface area contributed by atoms with Crippen molar-refractivity contribution in [2.75, 3.05) is 6.61 Å². The van der Waals surface area contributed by atoms with Gasteiger partial charge in [-0.1, -0.05) is 17.7 Å². The molecule has 0 saturated carbocycles. The molecule has 0 aliphatic carbocycles. The number of aliphatic carboxylic acids is 1. The first kappa shape index (κ1) is 10.6. The van der Waals surface area contributed by atoms with Gasteiger partial charge >= 0.3 is 5.97 Å². The topological polar surface area (TPSA) is 46.5 Å². The molecule has 0 fully saturated rings. The van der Waals surface area contributed by atoms with Gasteiger partial charge in [0.15, 0.2) is 0 Å². The van der Waals surface area contributed by atoms with Crippen LogP contribution in [0.5, 0.6) is 5.75 Å². The first-order chi connectivity index (χ1) is 6.59. The molecule has 1 atom stereocenters. The Bertz CT molecular complexity index is 303. The molecule has 0 amide bonds. The third-order valence-electron chi connectivity index (χ3n) is 1.94. The number of carboxylic acid groups (broad SMARTS) is 1. The zero-order valence-electron chi connectivity index (χ0n) is 8.36. The van der Waals surface area contributed by atoms with E-state index in [4.69, 9.17) is 9.84 Å². The highest BCUT2D eigenvalue weighted by Crippen LogP contribution is 2.12. The predicted octanol–water partition coefficient (Wildman–Crippen LogP) is 2.09. The molecule has 1 unspecified atom stereocenters. The summed E-state index contributed by atoms with van der Waals surface area (Å²) < 4.78 is 5.30. The van der Waals surface area contributed by atoms with Gasteiger partial charge in [-0.25, -0.2) is 0 Å². The van der Waals surface area contributed by atoms with Crippen LogP contribution in [0, 0.1) is 12.8 Å². The number of rotatable bonds is 4. The first-order valence-corrected chi connectivity index (χ1v) is 4.52. The third-order valence-corrected chi connectivity index (χ3v) is 1.94. The van der Waals surface area contributed by atoms with Gasteiger partial charge in [-0.15, -0.1) is 0 Å². The molecular weight excluding hydrogens is 180 g/mol. The second-order valence-corrected chi connectivity index (χ2v) is 3.36. The van der Waals surface area contributed by atoms with E-state index in [-0.39, 0.29) is 6.61 Å². The Labute approximate surface area is 83.3 Å². The molecule has 0 aliphatic heterocycles. The summed E-state index contributed by atoms with van der Waals surface area (Å²) in [5.74, 6) is -0.600. The van der Waals surface area contributed by atoms with E-state index in [0.29, 0.717) is 5.75 Å². The van der Waals surface area contributed by atoms with Crippen LogP contribution in [0.4, 0.5) is 0 Å². The molecule has 14 heavy (non-hydrogen) atoms. The number of hydrogen-bond acceptors (Lipinski definition) is 2. The molecule has 0 aromatic heterocycles. The number of ether oxygens (including phenoxy) is 1. The summed E-state index contributed by atoms with van der Waals surface area (Å²) in [6.45, 7) is 3.82. The minimum absolute atomic E-state index is 0.207. The van der Waals surface area contributed by atoms with Gasteiger partial charge in [0, 0.05) is 0 Å². The van der Waals surface area contributed by atoms with Crippen LogP contribution < -0.4 is 4.74 Å². The molecule has 0 saturated heterocycles. The second-order valence-electron chi connectivity index (χ2n) is 3.36. The molecule has 0 bridgehead atoms. The number of carbonyl (C=O) groups is 1. The van der Waals surface area contributed by atoms with Crippen molar-refractivity contribution in [2.45, 2.75) is 13.8 Å². The van der Waals surface area contributed by atoms with Crippen LogP contribution in [0.1, 0.15) is 12.5 Å². The molecule has 3 heteroatoms. The zero-order chi connectivity index (χ0) is 10.6. The average molecular weight is 194 g/mol. The summed E-state index contributed by atoms with van der Waals surface area (Å²) in [6.07, 6.45) is 0. The molecule has 0 spiro atoms. The fourth-order valence-corrected chi connectivity index (χ4v) is 0.927. The highest BCUT2D eigenvalue weighted by atomic mass is 16.5. The van der Waals surface area contributed by atoms with Crippen molar-refractivity contribution in [1.29, 1.82) is 0 Å². The molecule has 1 aromatic carbocycles. The van der Waals surface area contributed by atoms with E-state index >= 15 is 0 Å². The van der Waals surface area contributed by atoms with Crippen LogP contribution in [-0.4, -0.2) is 17.7 Å². The van der Waals surface area contributed by atoms with E-state index in [9.17, 15) is 4.79 Å². The van der Waals surface area contributed by atoms with Crippen molar-refractivity contribution >= 4 is 5.97 Å². The molecule has 0 aliphatic rings. The lowest BCUT2D eigenvalue weighted by Gasteiger charge is -2.08. The lowest BCUT2D eigenvalue weighted by atomic mass is 10.2. The average Bonchev–Trinajstić information content (AvgIpc) is 2.16. The number of aryl methyl sites for hydroxylation is 1. The summed E-state index contributed by atoms with van der Waals surface area (Å²) in [7, 11) is 0. The largest absolute Gasteiger partial charge is 0.493 e. The fourth-order valence-electron chi connectivity index (χ4n) is 0.927. The van der Waals surface area contributed by atoms with Crippen molar-refractivity contribution in [3.05, 3.63) is 29.8 Å². The lowest BCUT2D eigenvalue weighted by Crippen LogP contribution is -2.17. The van der Waals surface area contributed by atoms with Gasteiger partial charge in [-0.3, -0.25) is 4.79 Å². The van der Waals surface area contributed by atoms with E-state index in [2.05, 4.69) is 0 Å². The van der Waals surface area contributed by atoms with Crippen LogP contribution >= 0.6 is 0 Å². The standard InChI is InChI=1S/C11H14O3/c1-8-3-5-10(6-4-8)14-7-9(2)11(12)13/h3-6,9H,7H2,1-2H3,(H,12,13). The number of benzene rings is 1. The maximum Gasteiger partial charge on any atom is 0.309 e. The Kier molecular flexibility index (Phi) is 3.51. The van der Waals surface area contributed by atoms with E-state index in [0.717, 1.165) is 5.56 Å². The predicted molar refractivity (Wildman–Crippen MR) is 53.5 cm³/mol. The SMILES string of the molecule is Cc1ccc(OCC(C)C(=O)O)cc1. The fraction of sp³-hybridized carbons (Fsp3) is 0.364. The van der Waals surface area contributed by atoms with Crippen LogP contribution in [0.3, 0.4) is 0 Å². The molecule has 1 aromatic rings. The zero-order valence-corrected chi connectivity index (χ0v) is 8.36. The quantitative estimate of drug-likeness (QED) is 0.798. The monoisotopic (exact) mass is 194 g/mol. The molecule has 76 valence electrons. The first-order valence-electron chi connectivity index (χ1n) is 4.52. The van der Waals surface area contributed by atoms with Gasteiger partial charge in [0.2, 0.25) is 0 Å². The van der Waals surface area contributed by atoms with Crippen molar-refractivity contribution < 1.29 is 14.6 Å². The van der Waals surface area contributed by atoms with Gasteiger partial charge in [-0.05, 0) is 26.0 Å². The van der Waals surface area contributed by atoms with Crippen molar-refractivity contribution in [1.82, 2.24) is 0 Å². The summed E-state index contributed by atoms with van der Waals surface area (Å²) in [5.41, 5.74) is 1.16. The molecule has 1 rings (SSSR count). The Balaban J connectivity index is 2.46. The minimum atomic E-state index is -0.836. The highest BCUT2D eigenvalue weighted by Gasteiger charge is 2.10. The molecule has 1 N–H and O–H groups in total. The molecule has 3 nitrogen and oxygen atoms in total.